The maximum absolute atomic E-state index is 13.1. The van der Waals surface area contributed by atoms with Crippen molar-refractivity contribution in [3.05, 3.63) is 91.4 Å². The van der Waals surface area contributed by atoms with E-state index in [4.69, 9.17) is 14.2 Å². The van der Waals surface area contributed by atoms with E-state index >= 15 is 0 Å². The summed E-state index contributed by atoms with van der Waals surface area (Å²) in [6.07, 6.45) is 1.72. The van der Waals surface area contributed by atoms with Crippen molar-refractivity contribution in [2.24, 2.45) is 0 Å². The molecule has 1 heterocycles. The normalized spacial score (nSPS) is 14.5. The molecule has 0 bridgehead atoms. The number of carbonyl (C=O) groups excluding carboxylic acids is 2. The zero-order chi connectivity index (χ0) is 27.2. The molecule has 1 aliphatic heterocycles. The van der Waals surface area contributed by atoms with Crippen LogP contribution in [0.15, 0.2) is 65.6 Å². The van der Waals surface area contributed by atoms with Gasteiger partial charge in [0.15, 0.2) is 11.5 Å². The molecule has 198 valence electrons. The number of imide groups is 1. The van der Waals surface area contributed by atoms with Crippen molar-refractivity contribution in [1.29, 1.82) is 0 Å². The average molecular weight is 644 g/mol. The number of thioether (sulfide) groups is 1. The number of methoxy groups -OCH3 is 1. The van der Waals surface area contributed by atoms with Crippen LogP contribution < -0.4 is 14.2 Å². The van der Waals surface area contributed by atoms with Crippen LogP contribution in [-0.2, 0) is 11.4 Å². The lowest BCUT2D eigenvalue weighted by molar-refractivity contribution is -0.123. The molecule has 4 rings (SSSR count). The van der Waals surface area contributed by atoms with Crippen LogP contribution in [0.25, 0.3) is 6.08 Å². The summed E-state index contributed by atoms with van der Waals surface area (Å²) < 4.78 is 18.5. The van der Waals surface area contributed by atoms with Gasteiger partial charge in [0.05, 0.1) is 22.1 Å². The summed E-state index contributed by atoms with van der Waals surface area (Å²) in [6.45, 7) is 7.05. The second-order valence-corrected chi connectivity index (χ2v) is 11.3. The number of carbonyl (C=O) groups is 2. The Morgan fingerprint density at radius 3 is 2.47 bits per heavy atom. The minimum atomic E-state index is -0.324. The Morgan fingerprint density at radius 2 is 1.76 bits per heavy atom. The fraction of sp³-hybridized carbons (Fsp3) is 0.267. The molecular weight excluding hydrogens is 613 g/mol. The lowest BCUT2D eigenvalue weighted by Gasteiger charge is -2.17. The van der Waals surface area contributed by atoms with Crippen molar-refractivity contribution in [2.75, 3.05) is 20.3 Å². The molecule has 0 unspecified atom stereocenters. The van der Waals surface area contributed by atoms with Crippen LogP contribution >= 0.6 is 34.4 Å². The second-order valence-electron chi connectivity index (χ2n) is 9.19. The molecule has 3 aromatic carbocycles. The van der Waals surface area contributed by atoms with Gasteiger partial charge in [0.1, 0.15) is 19.0 Å². The lowest BCUT2D eigenvalue weighted by atomic mass is 10.0. The first kappa shape index (κ1) is 28.0. The van der Waals surface area contributed by atoms with Crippen molar-refractivity contribution >= 4 is 51.6 Å². The van der Waals surface area contributed by atoms with E-state index in [0.29, 0.717) is 28.9 Å². The molecule has 8 heteroatoms. The van der Waals surface area contributed by atoms with E-state index in [1.807, 2.05) is 55.5 Å². The molecule has 0 aliphatic carbocycles. The molecule has 0 aromatic heterocycles. The van der Waals surface area contributed by atoms with Crippen LogP contribution in [-0.4, -0.2) is 36.3 Å². The highest BCUT2D eigenvalue weighted by Crippen LogP contribution is 2.38. The summed E-state index contributed by atoms with van der Waals surface area (Å²) in [5, 5.41) is -0.303. The molecule has 3 aromatic rings. The van der Waals surface area contributed by atoms with Crippen LogP contribution in [0.3, 0.4) is 0 Å². The Morgan fingerprint density at radius 1 is 1.00 bits per heavy atom. The van der Waals surface area contributed by atoms with E-state index < -0.39 is 0 Å². The molecule has 1 fully saturated rings. The van der Waals surface area contributed by atoms with Crippen molar-refractivity contribution in [1.82, 2.24) is 4.90 Å². The predicted octanol–water partition coefficient (Wildman–Crippen LogP) is 7.43. The molecule has 0 saturated carbocycles. The number of benzene rings is 3. The van der Waals surface area contributed by atoms with E-state index in [0.717, 1.165) is 43.3 Å². The third-order valence-corrected chi connectivity index (χ3v) is 7.72. The van der Waals surface area contributed by atoms with Gasteiger partial charge in [-0.15, -0.1) is 0 Å². The zero-order valence-electron chi connectivity index (χ0n) is 21.8. The Kier molecular flexibility index (Phi) is 9.38. The third-order valence-electron chi connectivity index (χ3n) is 6.01. The van der Waals surface area contributed by atoms with Gasteiger partial charge in [-0.25, -0.2) is 0 Å². The minimum absolute atomic E-state index is 0.181. The van der Waals surface area contributed by atoms with Gasteiger partial charge in [-0.2, -0.15) is 0 Å². The third kappa shape index (κ3) is 6.71. The monoisotopic (exact) mass is 643 g/mol. The Labute approximate surface area is 241 Å². The van der Waals surface area contributed by atoms with E-state index in [2.05, 4.69) is 48.6 Å². The summed E-state index contributed by atoms with van der Waals surface area (Å²) in [7, 11) is 1.58. The topological polar surface area (TPSA) is 65.1 Å². The molecule has 1 aliphatic rings. The molecule has 6 nitrogen and oxygen atoms in total. The predicted molar refractivity (Wildman–Crippen MR) is 160 cm³/mol. The number of hydrogen-bond donors (Lipinski definition) is 0. The fourth-order valence-corrected chi connectivity index (χ4v) is 5.67. The molecule has 1 saturated heterocycles. The van der Waals surface area contributed by atoms with Gasteiger partial charge < -0.3 is 14.2 Å². The fourth-order valence-electron chi connectivity index (χ4n) is 4.03. The highest BCUT2D eigenvalue weighted by Gasteiger charge is 2.35. The Bertz CT molecular complexity index is 1360. The van der Waals surface area contributed by atoms with Gasteiger partial charge in [-0.1, -0.05) is 56.3 Å². The van der Waals surface area contributed by atoms with Gasteiger partial charge in [-0.05, 0) is 93.7 Å². The largest absolute Gasteiger partial charge is 0.493 e. The molecule has 0 radical (unpaired) electrons. The minimum Gasteiger partial charge on any atom is -0.493 e. The molecule has 0 atom stereocenters. The number of ether oxygens (including phenoxy) is 3. The zero-order valence-corrected chi connectivity index (χ0v) is 24.8. The van der Waals surface area contributed by atoms with Gasteiger partial charge in [0.25, 0.3) is 11.1 Å². The quantitative estimate of drug-likeness (QED) is 0.169. The number of halogens is 1. The van der Waals surface area contributed by atoms with Crippen LogP contribution in [0.2, 0.25) is 0 Å². The van der Waals surface area contributed by atoms with E-state index in [1.54, 1.807) is 13.2 Å². The first-order valence-electron chi connectivity index (χ1n) is 12.3. The number of hydrogen-bond acceptors (Lipinski definition) is 6. The van der Waals surface area contributed by atoms with Gasteiger partial charge in [-0.3, -0.25) is 14.5 Å². The average Bonchev–Trinajstić information content (AvgIpc) is 3.15. The molecule has 0 spiro atoms. The number of amides is 2. The van der Waals surface area contributed by atoms with Gasteiger partial charge >= 0.3 is 0 Å². The van der Waals surface area contributed by atoms with E-state index in [1.165, 1.54) is 4.90 Å². The van der Waals surface area contributed by atoms with Crippen molar-refractivity contribution in [3.63, 3.8) is 0 Å². The molecule has 0 N–H and O–H groups in total. The Balaban J connectivity index is 1.44. The van der Waals surface area contributed by atoms with Crippen molar-refractivity contribution in [2.45, 2.75) is 33.3 Å². The van der Waals surface area contributed by atoms with Crippen LogP contribution in [0.5, 0.6) is 17.2 Å². The Hall–Kier alpha value is -2.98. The smallest absolute Gasteiger partial charge is 0.293 e. The lowest BCUT2D eigenvalue weighted by Crippen LogP contribution is -2.32. The number of aryl methyl sites for hydroxylation is 1. The van der Waals surface area contributed by atoms with Crippen molar-refractivity contribution < 1.29 is 23.8 Å². The van der Waals surface area contributed by atoms with Crippen LogP contribution in [0.1, 0.15) is 42.0 Å². The summed E-state index contributed by atoms with van der Waals surface area (Å²) in [6, 6.07) is 19.7. The van der Waals surface area contributed by atoms with E-state index in [-0.39, 0.29) is 24.3 Å². The second kappa shape index (κ2) is 12.7. The highest BCUT2D eigenvalue weighted by molar-refractivity contribution is 14.1. The standard InChI is InChI=1S/C30H30INO5S/c1-19(2)23-11-10-20(3)14-25(23)36-13-12-32-29(33)27(38-30(32)34)17-22-15-24(31)28(26(16-22)35-4)37-18-21-8-6-5-7-9-21/h5-11,14-17,19H,12-13,18H2,1-4H3/b27-17-. The van der Waals surface area contributed by atoms with Gasteiger partial charge in [0.2, 0.25) is 0 Å². The molecule has 38 heavy (non-hydrogen) atoms. The van der Waals surface area contributed by atoms with Gasteiger partial charge in [0, 0.05) is 0 Å². The van der Waals surface area contributed by atoms with Crippen LogP contribution in [0, 0.1) is 10.5 Å². The first-order chi connectivity index (χ1) is 18.3. The maximum atomic E-state index is 13.1. The van der Waals surface area contributed by atoms with Crippen molar-refractivity contribution in [3.8, 4) is 17.2 Å². The SMILES string of the molecule is COc1cc(/C=C2\SC(=O)N(CCOc3cc(C)ccc3C(C)C)C2=O)cc(I)c1OCc1ccccc1. The summed E-state index contributed by atoms with van der Waals surface area (Å²) in [4.78, 5) is 27.3. The summed E-state index contributed by atoms with van der Waals surface area (Å²) in [5.74, 6) is 1.97. The molecular formula is C30H30INO5S. The summed E-state index contributed by atoms with van der Waals surface area (Å²) in [5.41, 5.74) is 4.00. The maximum Gasteiger partial charge on any atom is 0.293 e. The van der Waals surface area contributed by atoms with E-state index in [9.17, 15) is 9.59 Å². The number of nitrogens with zero attached hydrogens (tertiary/aromatic N) is 1. The first-order valence-corrected chi connectivity index (χ1v) is 14.2. The summed E-state index contributed by atoms with van der Waals surface area (Å²) >= 11 is 3.12. The molecule has 2 amide bonds. The van der Waals surface area contributed by atoms with Crippen LogP contribution in [0.4, 0.5) is 4.79 Å². The number of rotatable bonds is 10. The highest BCUT2D eigenvalue weighted by atomic mass is 127.